The highest BCUT2D eigenvalue weighted by atomic mass is 16.6. The number of carbonyl (C=O) groups excluding carboxylic acids is 1. The number of aromatic nitrogens is 1. The van der Waals surface area contributed by atoms with Gasteiger partial charge in [0.15, 0.2) is 0 Å². The predicted octanol–water partition coefficient (Wildman–Crippen LogP) is 3.23. The molecular weight excluding hydrogens is 308 g/mol. The number of nitrogens with one attached hydrogen (secondary N) is 1. The van der Waals surface area contributed by atoms with Gasteiger partial charge >= 0.3 is 0 Å². The third-order valence-corrected chi connectivity index (χ3v) is 4.07. The van der Waals surface area contributed by atoms with Crippen LogP contribution in [0.3, 0.4) is 0 Å². The van der Waals surface area contributed by atoms with Gasteiger partial charge in [-0.2, -0.15) is 0 Å². The van der Waals surface area contributed by atoms with Crippen molar-refractivity contribution in [2.24, 2.45) is 0 Å². The maximum absolute atomic E-state index is 12.3. The first kappa shape index (κ1) is 15.9. The van der Waals surface area contributed by atoms with Gasteiger partial charge < -0.3 is 10.2 Å². The van der Waals surface area contributed by atoms with Crippen molar-refractivity contribution >= 4 is 23.0 Å². The molecule has 3 rings (SSSR count). The van der Waals surface area contributed by atoms with Crippen molar-refractivity contribution in [1.29, 1.82) is 0 Å². The van der Waals surface area contributed by atoms with Crippen LogP contribution >= 0.6 is 0 Å². The van der Waals surface area contributed by atoms with Crippen LogP contribution in [0.1, 0.15) is 29.6 Å². The lowest BCUT2D eigenvalue weighted by atomic mass is 10.1. The molecule has 1 aromatic carbocycles. The molecule has 2 heterocycles. The molecule has 1 aliphatic rings. The molecule has 1 amide bonds. The van der Waals surface area contributed by atoms with E-state index in [1.165, 1.54) is 6.07 Å². The van der Waals surface area contributed by atoms with E-state index in [-0.39, 0.29) is 17.2 Å². The minimum absolute atomic E-state index is 0.0284. The van der Waals surface area contributed by atoms with E-state index in [9.17, 15) is 14.9 Å². The molecule has 7 nitrogen and oxygen atoms in total. The number of hydrogen-bond acceptors (Lipinski definition) is 5. The summed E-state index contributed by atoms with van der Waals surface area (Å²) in [5, 5.41) is 14.1. The molecule has 0 bridgehead atoms. The number of amides is 1. The van der Waals surface area contributed by atoms with Crippen LogP contribution in [-0.4, -0.2) is 28.9 Å². The number of nitro groups is 1. The molecule has 0 saturated carbocycles. The maximum Gasteiger partial charge on any atom is 0.293 e. The highest BCUT2D eigenvalue weighted by molar-refractivity contribution is 6.05. The Morgan fingerprint density at radius 2 is 1.83 bits per heavy atom. The molecule has 0 unspecified atom stereocenters. The standard InChI is InChI=1S/C17H18N4O3/c22-17(19-14-6-8-18-9-7-14)13-4-5-15(16(12-13)21(23)24)20-10-2-1-3-11-20/h4-9,12H,1-3,10-11H2,(H,18,19,22). The quantitative estimate of drug-likeness (QED) is 0.688. The summed E-state index contributed by atoms with van der Waals surface area (Å²) in [4.78, 5) is 29.2. The lowest BCUT2D eigenvalue weighted by molar-refractivity contribution is -0.384. The van der Waals surface area contributed by atoms with E-state index in [4.69, 9.17) is 0 Å². The Morgan fingerprint density at radius 1 is 1.12 bits per heavy atom. The average Bonchev–Trinajstić information content (AvgIpc) is 2.62. The van der Waals surface area contributed by atoms with Crippen LogP contribution in [0.2, 0.25) is 0 Å². The van der Waals surface area contributed by atoms with Gasteiger partial charge in [0.2, 0.25) is 0 Å². The van der Waals surface area contributed by atoms with Crippen molar-refractivity contribution in [3.05, 3.63) is 58.4 Å². The molecule has 24 heavy (non-hydrogen) atoms. The topological polar surface area (TPSA) is 88.4 Å². The number of hydrogen-bond donors (Lipinski definition) is 1. The Bertz CT molecular complexity index is 743. The fraction of sp³-hybridized carbons (Fsp3) is 0.294. The van der Waals surface area contributed by atoms with E-state index in [2.05, 4.69) is 10.3 Å². The lowest BCUT2D eigenvalue weighted by Gasteiger charge is -2.28. The summed E-state index contributed by atoms with van der Waals surface area (Å²) in [6.07, 6.45) is 6.34. The normalized spacial score (nSPS) is 14.2. The number of benzene rings is 1. The van der Waals surface area contributed by atoms with Gasteiger partial charge in [0.1, 0.15) is 5.69 Å². The van der Waals surface area contributed by atoms with Crippen LogP contribution in [0.5, 0.6) is 0 Å². The zero-order valence-corrected chi connectivity index (χ0v) is 13.1. The third-order valence-electron chi connectivity index (χ3n) is 4.07. The van der Waals surface area contributed by atoms with E-state index in [0.29, 0.717) is 11.4 Å². The van der Waals surface area contributed by atoms with Crippen molar-refractivity contribution in [2.75, 3.05) is 23.3 Å². The van der Waals surface area contributed by atoms with Crippen LogP contribution in [-0.2, 0) is 0 Å². The van der Waals surface area contributed by atoms with Crippen molar-refractivity contribution in [3.8, 4) is 0 Å². The number of piperidine rings is 1. The second kappa shape index (κ2) is 7.08. The molecule has 1 N–H and O–H groups in total. The van der Waals surface area contributed by atoms with Crippen molar-refractivity contribution in [1.82, 2.24) is 4.98 Å². The highest BCUT2D eigenvalue weighted by Gasteiger charge is 2.23. The fourth-order valence-corrected chi connectivity index (χ4v) is 2.85. The molecule has 1 fully saturated rings. The van der Waals surface area contributed by atoms with Gasteiger partial charge in [-0.1, -0.05) is 0 Å². The molecule has 124 valence electrons. The average molecular weight is 326 g/mol. The molecule has 0 aliphatic carbocycles. The first-order valence-electron chi connectivity index (χ1n) is 7.90. The molecular formula is C17H18N4O3. The van der Waals surface area contributed by atoms with Crippen molar-refractivity contribution in [3.63, 3.8) is 0 Å². The summed E-state index contributed by atoms with van der Waals surface area (Å²) in [5.74, 6) is -0.380. The number of carbonyl (C=O) groups is 1. The highest BCUT2D eigenvalue weighted by Crippen LogP contribution is 2.31. The molecule has 0 spiro atoms. The summed E-state index contributed by atoms with van der Waals surface area (Å²) < 4.78 is 0. The van der Waals surface area contributed by atoms with Gasteiger partial charge in [-0.3, -0.25) is 19.9 Å². The molecule has 0 radical (unpaired) electrons. The Hall–Kier alpha value is -2.96. The second-order valence-corrected chi connectivity index (χ2v) is 5.70. The third kappa shape index (κ3) is 3.51. The second-order valence-electron chi connectivity index (χ2n) is 5.70. The maximum atomic E-state index is 12.3. The Kier molecular flexibility index (Phi) is 4.69. The number of anilines is 2. The number of rotatable bonds is 4. The largest absolute Gasteiger partial charge is 0.366 e. The summed E-state index contributed by atoms with van der Waals surface area (Å²) >= 11 is 0. The number of pyridine rings is 1. The Balaban J connectivity index is 1.85. The smallest absolute Gasteiger partial charge is 0.293 e. The first-order valence-corrected chi connectivity index (χ1v) is 7.90. The van der Waals surface area contributed by atoms with Gasteiger partial charge in [0, 0.05) is 42.8 Å². The predicted molar refractivity (Wildman–Crippen MR) is 91.4 cm³/mol. The first-order chi connectivity index (χ1) is 11.6. The zero-order valence-electron chi connectivity index (χ0n) is 13.1. The molecule has 2 aromatic rings. The Labute approximate surface area is 139 Å². The van der Waals surface area contributed by atoms with Crippen molar-refractivity contribution < 1.29 is 9.72 Å². The monoisotopic (exact) mass is 326 g/mol. The van der Waals surface area contributed by atoms with E-state index >= 15 is 0 Å². The minimum atomic E-state index is -0.423. The molecule has 7 heteroatoms. The van der Waals surface area contributed by atoms with Crippen LogP contribution < -0.4 is 10.2 Å². The summed E-state index contributed by atoms with van der Waals surface area (Å²) in [7, 11) is 0. The summed E-state index contributed by atoms with van der Waals surface area (Å²) in [6.45, 7) is 1.62. The lowest BCUT2D eigenvalue weighted by Crippen LogP contribution is -2.30. The van der Waals surface area contributed by atoms with Gasteiger partial charge in [-0.25, -0.2) is 0 Å². The molecule has 1 aliphatic heterocycles. The minimum Gasteiger partial charge on any atom is -0.366 e. The van der Waals surface area contributed by atoms with Gasteiger partial charge in [-0.15, -0.1) is 0 Å². The van der Waals surface area contributed by atoms with Crippen LogP contribution in [0, 0.1) is 10.1 Å². The summed E-state index contributed by atoms with van der Waals surface area (Å²) in [6, 6.07) is 7.97. The number of nitro benzene ring substituents is 1. The van der Waals surface area contributed by atoms with E-state index in [1.54, 1.807) is 36.7 Å². The van der Waals surface area contributed by atoms with Crippen LogP contribution in [0.25, 0.3) is 0 Å². The van der Waals surface area contributed by atoms with Gasteiger partial charge in [-0.05, 0) is 43.5 Å². The van der Waals surface area contributed by atoms with Crippen LogP contribution in [0.15, 0.2) is 42.7 Å². The van der Waals surface area contributed by atoms with Crippen molar-refractivity contribution in [2.45, 2.75) is 19.3 Å². The van der Waals surface area contributed by atoms with Crippen LogP contribution in [0.4, 0.5) is 17.1 Å². The molecule has 0 atom stereocenters. The zero-order chi connectivity index (χ0) is 16.9. The van der Waals surface area contributed by atoms with E-state index < -0.39 is 4.92 Å². The summed E-state index contributed by atoms with van der Waals surface area (Å²) in [5.41, 5.74) is 1.41. The van der Waals surface area contributed by atoms with E-state index in [1.807, 2.05) is 4.90 Å². The Morgan fingerprint density at radius 3 is 2.50 bits per heavy atom. The SMILES string of the molecule is O=C(Nc1ccncc1)c1ccc(N2CCCCC2)c([N+](=O)[O-])c1. The molecule has 1 saturated heterocycles. The fourth-order valence-electron chi connectivity index (χ4n) is 2.85. The van der Waals surface area contributed by atoms with Gasteiger partial charge in [0.25, 0.3) is 11.6 Å². The van der Waals surface area contributed by atoms with E-state index in [0.717, 1.165) is 32.4 Å². The molecule has 1 aromatic heterocycles. The van der Waals surface area contributed by atoms with Gasteiger partial charge in [0.05, 0.1) is 4.92 Å². The number of nitrogens with zero attached hydrogens (tertiary/aromatic N) is 3.